The van der Waals surface area contributed by atoms with Crippen LogP contribution in [0.15, 0.2) is 53.0 Å². The molecule has 1 fully saturated rings. The van der Waals surface area contributed by atoms with Crippen molar-refractivity contribution in [1.29, 1.82) is 0 Å². The predicted octanol–water partition coefficient (Wildman–Crippen LogP) is 5.26. The number of amides is 2. The summed E-state index contributed by atoms with van der Waals surface area (Å²) in [6.07, 6.45) is 6.90. The number of halogens is 1. The number of nitrogens with zero attached hydrogens (tertiary/aromatic N) is 2. The minimum absolute atomic E-state index is 0.109. The standard InChI is InChI=1S/C29H40BrN3O5S/c1-4-38-27-17-15-26(16-18-27)33(39(3,36)37)19-9-14-28(34)32(21-23-10-8-11-24(30)20-23)22(2)29(35)31-25-12-6-5-7-13-25/h8,10-11,15-18,20,22,25H,4-7,9,12-14,19,21H2,1-3H3,(H,31,35). The molecule has 1 aliphatic rings. The minimum Gasteiger partial charge on any atom is -0.494 e. The number of carbonyl (C=O) groups excluding carboxylic acids is 2. The maximum atomic E-state index is 13.5. The average Bonchev–Trinajstić information content (AvgIpc) is 2.90. The molecule has 3 rings (SSSR count). The molecule has 0 aliphatic heterocycles. The molecule has 0 aromatic heterocycles. The summed E-state index contributed by atoms with van der Waals surface area (Å²) in [7, 11) is -3.56. The molecule has 1 saturated carbocycles. The zero-order valence-electron chi connectivity index (χ0n) is 23.1. The fourth-order valence-corrected chi connectivity index (χ4v) is 6.27. The molecule has 2 aromatic rings. The van der Waals surface area contributed by atoms with Gasteiger partial charge in [-0.15, -0.1) is 0 Å². The normalized spacial score (nSPS) is 14.9. The van der Waals surface area contributed by atoms with Crippen molar-refractivity contribution in [2.75, 3.05) is 23.7 Å². The molecular formula is C29H40BrN3O5S. The molecule has 39 heavy (non-hydrogen) atoms. The van der Waals surface area contributed by atoms with E-state index in [0.29, 0.717) is 24.5 Å². The largest absolute Gasteiger partial charge is 0.494 e. The zero-order chi connectivity index (χ0) is 28.4. The smallest absolute Gasteiger partial charge is 0.242 e. The number of nitrogens with one attached hydrogen (secondary N) is 1. The molecule has 0 spiro atoms. The van der Waals surface area contributed by atoms with Crippen molar-refractivity contribution in [1.82, 2.24) is 10.2 Å². The Kier molecular flexibility index (Phi) is 11.7. The second-order valence-electron chi connectivity index (χ2n) is 10.0. The Morgan fingerprint density at radius 1 is 1.10 bits per heavy atom. The van der Waals surface area contributed by atoms with Crippen LogP contribution in [0, 0.1) is 0 Å². The summed E-state index contributed by atoms with van der Waals surface area (Å²) in [5.41, 5.74) is 1.42. The summed E-state index contributed by atoms with van der Waals surface area (Å²) in [5.74, 6) is 0.312. The lowest BCUT2D eigenvalue weighted by Gasteiger charge is -2.31. The second-order valence-corrected chi connectivity index (χ2v) is 12.9. The van der Waals surface area contributed by atoms with E-state index >= 15 is 0 Å². The van der Waals surface area contributed by atoms with E-state index < -0.39 is 16.1 Å². The summed E-state index contributed by atoms with van der Waals surface area (Å²) in [6.45, 7) is 4.59. The van der Waals surface area contributed by atoms with Crippen molar-refractivity contribution in [3.05, 3.63) is 58.6 Å². The van der Waals surface area contributed by atoms with Gasteiger partial charge in [-0.3, -0.25) is 13.9 Å². The van der Waals surface area contributed by atoms with E-state index in [1.54, 1.807) is 36.1 Å². The molecule has 0 saturated heterocycles. The maximum absolute atomic E-state index is 13.5. The number of carbonyl (C=O) groups is 2. The lowest BCUT2D eigenvalue weighted by Crippen LogP contribution is -2.50. The number of hydrogen-bond donors (Lipinski definition) is 1. The first-order chi connectivity index (χ1) is 18.6. The number of anilines is 1. The highest BCUT2D eigenvalue weighted by Crippen LogP contribution is 2.23. The first kappa shape index (κ1) is 30.9. The van der Waals surface area contributed by atoms with E-state index in [2.05, 4.69) is 21.2 Å². The van der Waals surface area contributed by atoms with Crippen LogP contribution >= 0.6 is 15.9 Å². The molecule has 1 atom stereocenters. The lowest BCUT2D eigenvalue weighted by molar-refractivity contribution is -0.141. The molecule has 214 valence electrons. The van der Waals surface area contributed by atoms with Crippen LogP contribution in [0.3, 0.4) is 0 Å². The Labute approximate surface area is 241 Å². The third-order valence-corrected chi connectivity index (χ3v) is 8.64. The third kappa shape index (κ3) is 9.53. The van der Waals surface area contributed by atoms with Gasteiger partial charge in [-0.25, -0.2) is 8.42 Å². The van der Waals surface area contributed by atoms with Crippen molar-refractivity contribution >= 4 is 43.5 Å². The highest BCUT2D eigenvalue weighted by atomic mass is 79.9. The molecule has 0 bridgehead atoms. The van der Waals surface area contributed by atoms with Gasteiger partial charge in [-0.05, 0) is 75.1 Å². The van der Waals surface area contributed by atoms with E-state index in [1.165, 1.54) is 10.7 Å². The first-order valence-electron chi connectivity index (χ1n) is 13.6. The maximum Gasteiger partial charge on any atom is 0.242 e. The van der Waals surface area contributed by atoms with Gasteiger partial charge >= 0.3 is 0 Å². The van der Waals surface area contributed by atoms with Gasteiger partial charge in [0.25, 0.3) is 0 Å². The molecule has 0 radical (unpaired) electrons. The van der Waals surface area contributed by atoms with Gasteiger partial charge in [0.1, 0.15) is 11.8 Å². The Hall–Kier alpha value is -2.59. The second kappa shape index (κ2) is 14.7. The molecule has 2 amide bonds. The van der Waals surface area contributed by atoms with E-state index in [9.17, 15) is 18.0 Å². The molecule has 1 unspecified atom stereocenters. The predicted molar refractivity (Wildman–Crippen MR) is 158 cm³/mol. The quantitative estimate of drug-likeness (QED) is 0.329. The SMILES string of the molecule is CCOc1ccc(N(CCCC(=O)N(Cc2cccc(Br)c2)C(C)C(=O)NC2CCCCC2)S(C)(=O)=O)cc1. The van der Waals surface area contributed by atoms with E-state index in [4.69, 9.17) is 4.74 Å². The van der Waals surface area contributed by atoms with Crippen molar-refractivity contribution in [2.24, 2.45) is 0 Å². The Morgan fingerprint density at radius 3 is 2.41 bits per heavy atom. The summed E-state index contributed by atoms with van der Waals surface area (Å²) in [6, 6.07) is 14.0. The van der Waals surface area contributed by atoms with Crippen LogP contribution in [0.25, 0.3) is 0 Å². The highest BCUT2D eigenvalue weighted by molar-refractivity contribution is 9.10. The first-order valence-corrected chi connectivity index (χ1v) is 16.3. The lowest BCUT2D eigenvalue weighted by atomic mass is 9.95. The van der Waals surface area contributed by atoms with Crippen molar-refractivity contribution in [2.45, 2.75) is 77.4 Å². The van der Waals surface area contributed by atoms with Gasteiger partial charge in [0.15, 0.2) is 0 Å². The third-order valence-electron chi connectivity index (χ3n) is 6.95. The average molecular weight is 623 g/mol. The molecular weight excluding hydrogens is 582 g/mol. The van der Waals surface area contributed by atoms with Crippen molar-refractivity contribution in [3.8, 4) is 5.75 Å². The number of rotatable bonds is 13. The molecule has 1 aliphatic carbocycles. The number of benzene rings is 2. The van der Waals surface area contributed by atoms with Gasteiger partial charge in [0.2, 0.25) is 21.8 Å². The molecule has 1 N–H and O–H groups in total. The molecule has 10 heteroatoms. The van der Waals surface area contributed by atoms with Gasteiger partial charge in [0.05, 0.1) is 18.6 Å². The molecule has 2 aromatic carbocycles. The van der Waals surface area contributed by atoms with Crippen LogP contribution in [-0.2, 0) is 26.2 Å². The Morgan fingerprint density at radius 2 is 1.79 bits per heavy atom. The van der Waals surface area contributed by atoms with Crippen molar-refractivity contribution < 1.29 is 22.7 Å². The summed E-state index contributed by atoms with van der Waals surface area (Å²) >= 11 is 3.48. The zero-order valence-corrected chi connectivity index (χ0v) is 25.5. The fourth-order valence-electron chi connectivity index (χ4n) is 4.86. The van der Waals surface area contributed by atoms with Gasteiger partial charge in [0, 0.05) is 30.0 Å². The summed E-state index contributed by atoms with van der Waals surface area (Å²) in [5, 5.41) is 3.14. The van der Waals surface area contributed by atoms with Crippen LogP contribution < -0.4 is 14.4 Å². The Bertz CT molecular complexity index is 1200. The van der Waals surface area contributed by atoms with Gasteiger partial charge < -0.3 is 15.0 Å². The van der Waals surface area contributed by atoms with E-state index in [-0.39, 0.29) is 37.4 Å². The molecule has 0 heterocycles. The van der Waals surface area contributed by atoms with Crippen LogP contribution in [0.1, 0.15) is 64.4 Å². The van der Waals surface area contributed by atoms with E-state index in [1.807, 2.05) is 31.2 Å². The highest BCUT2D eigenvalue weighted by Gasteiger charge is 2.28. The van der Waals surface area contributed by atoms with Crippen molar-refractivity contribution in [3.63, 3.8) is 0 Å². The number of sulfonamides is 1. The van der Waals surface area contributed by atoms with Gasteiger partial charge in [-0.2, -0.15) is 0 Å². The number of hydrogen-bond acceptors (Lipinski definition) is 5. The van der Waals surface area contributed by atoms with Crippen LogP contribution in [-0.4, -0.2) is 56.6 Å². The van der Waals surface area contributed by atoms with Crippen LogP contribution in [0.5, 0.6) is 5.75 Å². The fraction of sp³-hybridized carbons (Fsp3) is 0.517. The van der Waals surface area contributed by atoms with Crippen LogP contribution in [0.2, 0.25) is 0 Å². The Balaban J connectivity index is 1.70. The monoisotopic (exact) mass is 621 g/mol. The topological polar surface area (TPSA) is 96.0 Å². The van der Waals surface area contributed by atoms with E-state index in [0.717, 1.165) is 42.0 Å². The van der Waals surface area contributed by atoms with Crippen LogP contribution in [0.4, 0.5) is 5.69 Å². The minimum atomic E-state index is -3.56. The van der Waals surface area contributed by atoms with Gasteiger partial charge in [-0.1, -0.05) is 47.3 Å². The summed E-state index contributed by atoms with van der Waals surface area (Å²) < 4.78 is 32.8. The molecule has 8 nitrogen and oxygen atoms in total. The summed E-state index contributed by atoms with van der Waals surface area (Å²) in [4.78, 5) is 28.3. The number of ether oxygens (including phenoxy) is 1.